The van der Waals surface area contributed by atoms with Gasteiger partial charge in [0.15, 0.2) is 0 Å². The van der Waals surface area contributed by atoms with Crippen molar-refractivity contribution < 1.29 is 4.79 Å². The molecule has 0 aromatic carbocycles. The predicted molar refractivity (Wildman–Crippen MR) is 53.2 cm³/mol. The quantitative estimate of drug-likeness (QED) is 0.597. The topological polar surface area (TPSA) is 17.1 Å². The van der Waals surface area contributed by atoms with Crippen molar-refractivity contribution in [2.45, 2.75) is 53.4 Å². The average Bonchev–Trinajstić information content (AvgIpc) is 2.05. The predicted octanol–water partition coefficient (Wildman–Crippen LogP) is 3.43. The molecule has 0 aromatic heterocycles. The van der Waals surface area contributed by atoms with Crippen molar-refractivity contribution in [3.63, 3.8) is 0 Å². The molecule has 1 atom stereocenters. The van der Waals surface area contributed by atoms with E-state index < -0.39 is 0 Å². The van der Waals surface area contributed by atoms with Crippen LogP contribution in [0.1, 0.15) is 53.4 Å². The molecule has 0 amide bonds. The van der Waals surface area contributed by atoms with Crippen LogP contribution in [0.15, 0.2) is 0 Å². The molecule has 1 heteroatoms. The molecule has 1 nitrogen and oxygen atoms in total. The Balaban J connectivity index is 3.88. The summed E-state index contributed by atoms with van der Waals surface area (Å²) in [6.07, 6.45) is 4.49. The zero-order chi connectivity index (χ0) is 9.56. The van der Waals surface area contributed by atoms with Crippen LogP contribution < -0.4 is 0 Å². The SMILES string of the molecule is CCCCC(CC)C(=O)C(C)C. The number of ketones is 1. The first-order valence-corrected chi connectivity index (χ1v) is 5.17. The minimum atomic E-state index is 0.215. The van der Waals surface area contributed by atoms with Gasteiger partial charge in [0.1, 0.15) is 5.78 Å². The van der Waals surface area contributed by atoms with E-state index >= 15 is 0 Å². The highest BCUT2D eigenvalue weighted by Crippen LogP contribution is 2.17. The van der Waals surface area contributed by atoms with Crippen molar-refractivity contribution in [3.8, 4) is 0 Å². The zero-order valence-electron chi connectivity index (χ0n) is 8.89. The third-order valence-corrected chi connectivity index (χ3v) is 2.37. The summed E-state index contributed by atoms with van der Waals surface area (Å²) in [4.78, 5) is 11.6. The molecule has 72 valence electrons. The zero-order valence-corrected chi connectivity index (χ0v) is 8.89. The van der Waals surface area contributed by atoms with Gasteiger partial charge >= 0.3 is 0 Å². The van der Waals surface area contributed by atoms with Crippen LogP contribution in [0, 0.1) is 11.8 Å². The summed E-state index contributed by atoms with van der Waals surface area (Å²) >= 11 is 0. The summed E-state index contributed by atoms with van der Waals surface area (Å²) in [5, 5.41) is 0. The summed E-state index contributed by atoms with van der Waals surface area (Å²) < 4.78 is 0. The van der Waals surface area contributed by atoms with Crippen molar-refractivity contribution >= 4 is 5.78 Å². The Labute approximate surface area is 76.6 Å². The van der Waals surface area contributed by atoms with E-state index in [0.717, 1.165) is 12.8 Å². The second-order valence-electron chi connectivity index (χ2n) is 3.80. The van der Waals surface area contributed by atoms with E-state index in [1.54, 1.807) is 0 Å². The summed E-state index contributed by atoms with van der Waals surface area (Å²) in [7, 11) is 0. The van der Waals surface area contributed by atoms with Crippen molar-refractivity contribution in [1.29, 1.82) is 0 Å². The van der Waals surface area contributed by atoms with E-state index in [9.17, 15) is 4.79 Å². The van der Waals surface area contributed by atoms with Crippen molar-refractivity contribution in [1.82, 2.24) is 0 Å². The Morgan fingerprint density at radius 3 is 2.17 bits per heavy atom. The summed E-state index contributed by atoms with van der Waals surface area (Å²) in [6.45, 7) is 8.28. The highest BCUT2D eigenvalue weighted by atomic mass is 16.1. The number of rotatable bonds is 6. The lowest BCUT2D eigenvalue weighted by Gasteiger charge is -2.15. The molecule has 0 heterocycles. The van der Waals surface area contributed by atoms with Crippen LogP contribution in [0.25, 0.3) is 0 Å². The fourth-order valence-corrected chi connectivity index (χ4v) is 1.47. The van der Waals surface area contributed by atoms with E-state index in [1.807, 2.05) is 13.8 Å². The number of Topliss-reactive ketones (excluding diaryl/α,β-unsaturated/α-hetero) is 1. The van der Waals surface area contributed by atoms with Crippen LogP contribution in [0.2, 0.25) is 0 Å². The van der Waals surface area contributed by atoms with Crippen LogP contribution in [0.4, 0.5) is 0 Å². The van der Waals surface area contributed by atoms with Gasteiger partial charge < -0.3 is 0 Å². The summed E-state index contributed by atoms with van der Waals surface area (Å²) in [6, 6.07) is 0. The van der Waals surface area contributed by atoms with Gasteiger partial charge in [-0.2, -0.15) is 0 Å². The third-order valence-electron chi connectivity index (χ3n) is 2.37. The number of carbonyl (C=O) groups excluding carboxylic acids is 1. The van der Waals surface area contributed by atoms with Crippen LogP contribution >= 0.6 is 0 Å². The molecule has 1 unspecified atom stereocenters. The maximum absolute atomic E-state index is 11.6. The van der Waals surface area contributed by atoms with Gasteiger partial charge in [-0.1, -0.05) is 40.5 Å². The Hall–Kier alpha value is -0.330. The van der Waals surface area contributed by atoms with Gasteiger partial charge in [0.25, 0.3) is 0 Å². The molecule has 0 aliphatic heterocycles. The first-order valence-electron chi connectivity index (χ1n) is 5.17. The molecule has 0 saturated heterocycles. The molecule has 0 spiro atoms. The Kier molecular flexibility index (Phi) is 6.04. The van der Waals surface area contributed by atoms with Crippen LogP contribution in [0.3, 0.4) is 0 Å². The standard InChI is InChI=1S/C11H22O/c1-5-7-8-10(6-2)11(12)9(3)4/h9-10H,5-8H2,1-4H3. The van der Waals surface area contributed by atoms with Crippen molar-refractivity contribution in [2.24, 2.45) is 11.8 Å². The van der Waals surface area contributed by atoms with Gasteiger partial charge in [-0.3, -0.25) is 4.79 Å². The molecule has 0 aliphatic rings. The summed E-state index contributed by atoms with van der Waals surface area (Å²) in [5.74, 6) is 0.989. The average molecular weight is 170 g/mol. The molecule has 0 fully saturated rings. The Morgan fingerprint density at radius 1 is 1.25 bits per heavy atom. The molecule has 12 heavy (non-hydrogen) atoms. The minimum Gasteiger partial charge on any atom is -0.299 e. The molecule has 0 radical (unpaired) electrons. The number of hydrogen-bond donors (Lipinski definition) is 0. The van der Waals surface area contributed by atoms with Crippen LogP contribution in [-0.2, 0) is 4.79 Å². The van der Waals surface area contributed by atoms with Gasteiger partial charge in [0.05, 0.1) is 0 Å². The van der Waals surface area contributed by atoms with E-state index in [0.29, 0.717) is 11.7 Å². The number of carbonyl (C=O) groups is 1. The maximum atomic E-state index is 11.6. The van der Waals surface area contributed by atoms with E-state index in [2.05, 4.69) is 13.8 Å². The van der Waals surface area contributed by atoms with Crippen LogP contribution in [0.5, 0.6) is 0 Å². The lowest BCUT2D eigenvalue weighted by Crippen LogP contribution is -2.19. The number of hydrogen-bond acceptors (Lipinski definition) is 1. The smallest absolute Gasteiger partial charge is 0.138 e. The normalized spacial score (nSPS) is 13.4. The second-order valence-corrected chi connectivity index (χ2v) is 3.80. The molecule has 0 aromatic rings. The second kappa shape index (κ2) is 6.22. The molecule has 0 bridgehead atoms. The van der Waals surface area contributed by atoms with Crippen LogP contribution in [-0.4, -0.2) is 5.78 Å². The minimum absolute atomic E-state index is 0.215. The molecular formula is C11H22O. The van der Waals surface area contributed by atoms with Gasteiger partial charge in [-0.15, -0.1) is 0 Å². The van der Waals surface area contributed by atoms with E-state index in [-0.39, 0.29) is 5.92 Å². The van der Waals surface area contributed by atoms with Gasteiger partial charge in [0.2, 0.25) is 0 Å². The number of unbranched alkanes of at least 4 members (excludes halogenated alkanes) is 1. The lowest BCUT2D eigenvalue weighted by atomic mass is 9.89. The Morgan fingerprint density at radius 2 is 1.83 bits per heavy atom. The van der Waals surface area contributed by atoms with Crippen molar-refractivity contribution in [2.75, 3.05) is 0 Å². The molecule has 0 N–H and O–H groups in total. The first kappa shape index (κ1) is 11.7. The van der Waals surface area contributed by atoms with Gasteiger partial charge in [0, 0.05) is 11.8 Å². The summed E-state index contributed by atoms with van der Waals surface area (Å²) in [5.41, 5.74) is 0. The highest BCUT2D eigenvalue weighted by molar-refractivity contribution is 5.82. The first-order chi connectivity index (χ1) is 5.63. The fourth-order valence-electron chi connectivity index (χ4n) is 1.47. The highest BCUT2D eigenvalue weighted by Gasteiger charge is 2.18. The molecule has 0 aliphatic carbocycles. The van der Waals surface area contributed by atoms with Gasteiger partial charge in [-0.25, -0.2) is 0 Å². The third kappa shape index (κ3) is 3.89. The Bertz CT molecular complexity index is 127. The molecule has 0 rings (SSSR count). The monoisotopic (exact) mass is 170 g/mol. The van der Waals surface area contributed by atoms with E-state index in [1.165, 1.54) is 12.8 Å². The largest absolute Gasteiger partial charge is 0.299 e. The molecular weight excluding hydrogens is 148 g/mol. The maximum Gasteiger partial charge on any atom is 0.138 e. The fraction of sp³-hybridized carbons (Fsp3) is 0.909. The lowest BCUT2D eigenvalue weighted by molar-refractivity contribution is -0.126. The van der Waals surface area contributed by atoms with E-state index in [4.69, 9.17) is 0 Å². The van der Waals surface area contributed by atoms with Crippen molar-refractivity contribution in [3.05, 3.63) is 0 Å². The molecule has 0 saturated carbocycles. The van der Waals surface area contributed by atoms with Gasteiger partial charge in [-0.05, 0) is 12.8 Å².